The molecular formula is C12H22N4. The third-order valence-electron chi connectivity index (χ3n) is 2.68. The first-order chi connectivity index (χ1) is 7.72. The summed E-state index contributed by atoms with van der Waals surface area (Å²) in [6, 6.07) is 0.440. The van der Waals surface area contributed by atoms with Crippen LogP contribution in [-0.4, -0.2) is 23.1 Å². The van der Waals surface area contributed by atoms with Crippen LogP contribution < -0.4 is 10.6 Å². The van der Waals surface area contributed by atoms with Crippen LogP contribution in [0, 0.1) is 0 Å². The van der Waals surface area contributed by atoms with Gasteiger partial charge in [-0.15, -0.1) is 0 Å². The highest BCUT2D eigenvalue weighted by atomic mass is 15.1. The number of nitrogens with one attached hydrogen (secondary N) is 2. The topological polar surface area (TPSA) is 49.8 Å². The molecule has 2 N–H and O–H groups in total. The summed E-state index contributed by atoms with van der Waals surface area (Å²) in [5.41, 5.74) is 1.19. The largest absolute Gasteiger partial charge is 0.373 e. The van der Waals surface area contributed by atoms with E-state index in [0.717, 1.165) is 30.9 Å². The van der Waals surface area contributed by atoms with Crippen LogP contribution in [0.3, 0.4) is 0 Å². The van der Waals surface area contributed by atoms with Crippen LogP contribution in [0.4, 0.5) is 11.6 Å². The van der Waals surface area contributed by atoms with Crippen molar-refractivity contribution in [3.63, 3.8) is 0 Å². The van der Waals surface area contributed by atoms with E-state index in [1.54, 1.807) is 6.33 Å². The number of anilines is 2. The Kier molecular flexibility index (Phi) is 5.02. The van der Waals surface area contributed by atoms with E-state index in [-0.39, 0.29) is 0 Å². The zero-order valence-corrected chi connectivity index (χ0v) is 10.7. The molecular weight excluding hydrogens is 200 g/mol. The molecule has 0 fully saturated rings. The predicted octanol–water partition coefficient (Wildman–Crippen LogP) is 2.68. The molecule has 0 bridgehead atoms. The Morgan fingerprint density at radius 3 is 2.50 bits per heavy atom. The van der Waals surface area contributed by atoms with Crippen molar-refractivity contribution in [1.82, 2.24) is 9.97 Å². The second kappa shape index (κ2) is 6.30. The quantitative estimate of drug-likeness (QED) is 0.777. The van der Waals surface area contributed by atoms with Gasteiger partial charge in [0.2, 0.25) is 0 Å². The summed E-state index contributed by atoms with van der Waals surface area (Å²) in [5, 5.41) is 6.55. The maximum absolute atomic E-state index is 4.33. The Bertz CT molecular complexity index is 325. The molecule has 1 rings (SSSR count). The first kappa shape index (κ1) is 12.7. The highest BCUT2D eigenvalue weighted by Crippen LogP contribution is 2.22. The van der Waals surface area contributed by atoms with E-state index < -0.39 is 0 Å². The van der Waals surface area contributed by atoms with Crippen molar-refractivity contribution < 1.29 is 0 Å². The summed E-state index contributed by atoms with van der Waals surface area (Å²) in [7, 11) is 1.90. The van der Waals surface area contributed by atoms with Crippen LogP contribution >= 0.6 is 0 Å². The zero-order valence-electron chi connectivity index (χ0n) is 10.7. The molecule has 1 unspecified atom stereocenters. The van der Waals surface area contributed by atoms with Gasteiger partial charge in [0.25, 0.3) is 0 Å². The van der Waals surface area contributed by atoms with Crippen molar-refractivity contribution in [2.45, 2.75) is 46.1 Å². The summed E-state index contributed by atoms with van der Waals surface area (Å²) >= 11 is 0. The van der Waals surface area contributed by atoms with E-state index in [9.17, 15) is 0 Å². The van der Waals surface area contributed by atoms with Gasteiger partial charge in [0.05, 0.1) is 0 Å². The molecule has 0 radical (unpaired) electrons. The fourth-order valence-corrected chi connectivity index (χ4v) is 1.57. The minimum atomic E-state index is 0.440. The molecule has 0 spiro atoms. The second-order valence-corrected chi connectivity index (χ2v) is 4.00. The summed E-state index contributed by atoms with van der Waals surface area (Å²) in [6.45, 7) is 6.49. The van der Waals surface area contributed by atoms with Crippen LogP contribution in [0.25, 0.3) is 0 Å². The van der Waals surface area contributed by atoms with E-state index in [2.05, 4.69) is 41.4 Å². The average molecular weight is 222 g/mol. The van der Waals surface area contributed by atoms with E-state index in [4.69, 9.17) is 0 Å². The first-order valence-corrected chi connectivity index (χ1v) is 6.01. The summed E-state index contributed by atoms with van der Waals surface area (Å²) < 4.78 is 0. The minimum absolute atomic E-state index is 0.440. The Hall–Kier alpha value is -1.32. The van der Waals surface area contributed by atoms with E-state index in [1.165, 1.54) is 5.56 Å². The first-order valence-electron chi connectivity index (χ1n) is 6.01. The van der Waals surface area contributed by atoms with Gasteiger partial charge in [0.1, 0.15) is 18.0 Å². The van der Waals surface area contributed by atoms with Gasteiger partial charge in [-0.3, -0.25) is 0 Å². The Morgan fingerprint density at radius 2 is 1.94 bits per heavy atom. The molecule has 16 heavy (non-hydrogen) atoms. The minimum Gasteiger partial charge on any atom is -0.373 e. The number of hydrogen-bond acceptors (Lipinski definition) is 4. The van der Waals surface area contributed by atoms with Crippen LogP contribution in [0.15, 0.2) is 6.33 Å². The normalized spacial score (nSPS) is 12.2. The van der Waals surface area contributed by atoms with Crippen LogP contribution in [0.5, 0.6) is 0 Å². The lowest BCUT2D eigenvalue weighted by molar-refractivity contribution is 0.753. The molecule has 1 aromatic heterocycles. The Balaban J connectivity index is 2.96. The third kappa shape index (κ3) is 3.08. The molecule has 0 aliphatic carbocycles. The number of rotatable bonds is 6. The Morgan fingerprint density at radius 1 is 1.25 bits per heavy atom. The molecule has 0 aromatic carbocycles. The maximum Gasteiger partial charge on any atom is 0.134 e. The lowest BCUT2D eigenvalue weighted by Crippen LogP contribution is -2.17. The zero-order chi connectivity index (χ0) is 12.0. The lowest BCUT2D eigenvalue weighted by atomic mass is 10.1. The van der Waals surface area contributed by atoms with E-state index in [1.807, 2.05) is 7.05 Å². The smallest absolute Gasteiger partial charge is 0.134 e. The molecule has 0 amide bonds. The fourth-order valence-electron chi connectivity index (χ4n) is 1.57. The molecule has 4 nitrogen and oxygen atoms in total. The molecule has 1 heterocycles. The van der Waals surface area contributed by atoms with Gasteiger partial charge in [-0.05, 0) is 19.8 Å². The fraction of sp³-hybridized carbons (Fsp3) is 0.667. The SMILES string of the molecule is CCCc1c(NC)ncnc1NC(C)CC. The standard InChI is InChI=1S/C12H22N4/c1-5-7-10-11(13-4)14-8-15-12(10)16-9(3)6-2/h8-9H,5-7H2,1-4H3,(H2,13,14,15,16). The monoisotopic (exact) mass is 222 g/mol. The van der Waals surface area contributed by atoms with Gasteiger partial charge in [-0.25, -0.2) is 9.97 Å². The van der Waals surface area contributed by atoms with Crippen molar-refractivity contribution in [2.24, 2.45) is 0 Å². The Labute approximate surface area is 97.9 Å². The van der Waals surface area contributed by atoms with Crippen molar-refractivity contribution in [1.29, 1.82) is 0 Å². The molecule has 0 aliphatic heterocycles. The average Bonchev–Trinajstić information content (AvgIpc) is 2.31. The summed E-state index contributed by atoms with van der Waals surface area (Å²) in [6.07, 6.45) is 4.78. The van der Waals surface area contributed by atoms with Gasteiger partial charge in [-0.2, -0.15) is 0 Å². The second-order valence-electron chi connectivity index (χ2n) is 4.00. The third-order valence-corrected chi connectivity index (χ3v) is 2.68. The lowest BCUT2D eigenvalue weighted by Gasteiger charge is -2.17. The van der Waals surface area contributed by atoms with Crippen molar-refractivity contribution in [2.75, 3.05) is 17.7 Å². The van der Waals surface area contributed by atoms with Crippen LogP contribution in [-0.2, 0) is 6.42 Å². The highest BCUT2D eigenvalue weighted by molar-refractivity contribution is 5.57. The van der Waals surface area contributed by atoms with Crippen LogP contribution in [0.1, 0.15) is 39.2 Å². The van der Waals surface area contributed by atoms with Gasteiger partial charge >= 0.3 is 0 Å². The predicted molar refractivity (Wildman–Crippen MR) is 68.9 cm³/mol. The molecule has 90 valence electrons. The number of nitrogens with zero attached hydrogens (tertiary/aromatic N) is 2. The van der Waals surface area contributed by atoms with E-state index in [0.29, 0.717) is 6.04 Å². The molecule has 0 aliphatic rings. The molecule has 0 saturated carbocycles. The summed E-state index contributed by atoms with van der Waals surface area (Å²) in [5.74, 6) is 1.90. The van der Waals surface area contributed by atoms with Gasteiger partial charge in [0.15, 0.2) is 0 Å². The van der Waals surface area contributed by atoms with Gasteiger partial charge in [0, 0.05) is 18.7 Å². The maximum atomic E-state index is 4.33. The van der Waals surface area contributed by atoms with Crippen molar-refractivity contribution >= 4 is 11.6 Å². The highest BCUT2D eigenvalue weighted by Gasteiger charge is 2.10. The van der Waals surface area contributed by atoms with Crippen molar-refractivity contribution in [3.8, 4) is 0 Å². The number of aromatic nitrogens is 2. The molecule has 1 aromatic rings. The van der Waals surface area contributed by atoms with E-state index >= 15 is 0 Å². The van der Waals surface area contributed by atoms with Gasteiger partial charge < -0.3 is 10.6 Å². The molecule has 0 saturated heterocycles. The van der Waals surface area contributed by atoms with Gasteiger partial charge in [-0.1, -0.05) is 20.3 Å². The summed E-state index contributed by atoms with van der Waals surface area (Å²) in [4.78, 5) is 8.58. The molecule has 4 heteroatoms. The van der Waals surface area contributed by atoms with Crippen LogP contribution in [0.2, 0.25) is 0 Å². The molecule has 1 atom stereocenters. The van der Waals surface area contributed by atoms with Crippen molar-refractivity contribution in [3.05, 3.63) is 11.9 Å². The number of hydrogen-bond donors (Lipinski definition) is 2.